The molecule has 0 N–H and O–H groups in total. The second-order valence-electron chi connectivity index (χ2n) is 6.66. The monoisotopic (exact) mass is 332 g/mol. The quantitative estimate of drug-likeness (QED) is 0.793. The van der Waals surface area contributed by atoms with Gasteiger partial charge in [-0.1, -0.05) is 6.07 Å². The van der Waals surface area contributed by atoms with Crippen LogP contribution in [0.4, 0.5) is 0 Å². The minimum atomic E-state index is -0.102. The topological polar surface area (TPSA) is 61.0 Å². The van der Waals surface area contributed by atoms with Crippen LogP contribution in [-0.2, 0) is 16.1 Å². The summed E-state index contributed by atoms with van der Waals surface area (Å²) >= 11 is 0. The molecule has 2 aliphatic heterocycles. The smallest absolute Gasteiger partial charge is 0.351 e. The molecule has 7 heteroatoms. The average Bonchev–Trinajstić information content (AvgIpc) is 3.32. The summed E-state index contributed by atoms with van der Waals surface area (Å²) in [6.45, 7) is 3.79. The molecule has 0 radical (unpaired) electrons. The maximum absolute atomic E-state index is 12.5. The molecule has 130 valence electrons. The summed E-state index contributed by atoms with van der Waals surface area (Å²) in [7, 11) is 0. The minimum Gasteiger partial charge on any atom is -0.377 e. The van der Waals surface area contributed by atoms with Crippen LogP contribution in [0.25, 0.3) is 5.65 Å². The number of hydrogen-bond acceptors (Lipinski definition) is 5. The Bertz CT molecular complexity index is 711. The molecule has 2 aliphatic rings. The first-order chi connectivity index (χ1) is 11.8. The number of aromatic nitrogens is 3. The van der Waals surface area contributed by atoms with Gasteiger partial charge < -0.3 is 9.47 Å². The fraction of sp³-hybridized carbons (Fsp3) is 0.647. The average molecular weight is 332 g/mol. The van der Waals surface area contributed by atoms with Gasteiger partial charge in [-0.3, -0.25) is 9.30 Å². The number of pyridine rings is 1. The molecule has 24 heavy (non-hydrogen) atoms. The second kappa shape index (κ2) is 7.04. The normalized spacial score (nSPS) is 24.4. The van der Waals surface area contributed by atoms with Crippen molar-refractivity contribution in [1.82, 2.24) is 19.1 Å². The van der Waals surface area contributed by atoms with Gasteiger partial charge in [-0.25, -0.2) is 4.79 Å². The van der Waals surface area contributed by atoms with E-state index >= 15 is 0 Å². The highest BCUT2D eigenvalue weighted by atomic mass is 16.5. The molecule has 2 aromatic heterocycles. The minimum absolute atomic E-state index is 0.102. The summed E-state index contributed by atoms with van der Waals surface area (Å²) < 4.78 is 14.7. The van der Waals surface area contributed by atoms with Gasteiger partial charge in [-0.05, 0) is 37.8 Å². The third-order valence-corrected chi connectivity index (χ3v) is 4.79. The SMILES string of the molecule is O=c1n(CN(C[C@H]2CCCO2)C[C@@H]2CCCO2)nc2ccccn12. The van der Waals surface area contributed by atoms with E-state index in [-0.39, 0.29) is 17.9 Å². The van der Waals surface area contributed by atoms with Crippen molar-refractivity contribution in [2.24, 2.45) is 0 Å². The van der Waals surface area contributed by atoms with E-state index < -0.39 is 0 Å². The molecule has 0 unspecified atom stereocenters. The highest BCUT2D eigenvalue weighted by Gasteiger charge is 2.24. The molecule has 0 spiro atoms. The van der Waals surface area contributed by atoms with Crippen molar-refractivity contribution in [3.8, 4) is 0 Å². The van der Waals surface area contributed by atoms with Crippen molar-refractivity contribution in [3.63, 3.8) is 0 Å². The molecule has 2 saturated heterocycles. The Morgan fingerprint density at radius 2 is 1.83 bits per heavy atom. The first kappa shape index (κ1) is 15.8. The molecule has 0 bridgehead atoms. The standard InChI is InChI=1S/C17H24N4O3/c22-17-20-8-2-1-7-16(20)18-21(17)13-19(11-14-5-3-9-23-14)12-15-6-4-10-24-15/h1-2,7-8,14-15H,3-6,9-13H2/t14-,15+. The van der Waals surface area contributed by atoms with Crippen LogP contribution in [0.1, 0.15) is 25.7 Å². The molecule has 0 aromatic carbocycles. The molecule has 2 fully saturated rings. The lowest BCUT2D eigenvalue weighted by atomic mass is 10.2. The van der Waals surface area contributed by atoms with Gasteiger partial charge in [0.15, 0.2) is 5.65 Å². The number of ether oxygens (including phenoxy) is 2. The van der Waals surface area contributed by atoms with Crippen molar-refractivity contribution in [2.45, 2.75) is 44.6 Å². The van der Waals surface area contributed by atoms with Crippen LogP contribution < -0.4 is 5.69 Å². The zero-order valence-electron chi connectivity index (χ0n) is 13.8. The van der Waals surface area contributed by atoms with Gasteiger partial charge in [0.05, 0.1) is 18.9 Å². The van der Waals surface area contributed by atoms with Gasteiger partial charge in [0.25, 0.3) is 0 Å². The molecule has 0 amide bonds. The lowest BCUT2D eigenvalue weighted by molar-refractivity contribution is 0.0232. The van der Waals surface area contributed by atoms with Crippen LogP contribution in [0.3, 0.4) is 0 Å². The van der Waals surface area contributed by atoms with Crippen molar-refractivity contribution in [2.75, 3.05) is 26.3 Å². The Morgan fingerprint density at radius 1 is 1.12 bits per heavy atom. The molecule has 0 saturated carbocycles. The number of hydrogen-bond donors (Lipinski definition) is 0. The van der Waals surface area contributed by atoms with E-state index in [2.05, 4.69) is 10.00 Å². The van der Waals surface area contributed by atoms with Gasteiger partial charge in [-0.15, -0.1) is 5.10 Å². The molecule has 4 heterocycles. The van der Waals surface area contributed by atoms with E-state index in [1.165, 1.54) is 0 Å². The zero-order chi connectivity index (χ0) is 16.4. The van der Waals surface area contributed by atoms with Crippen LogP contribution >= 0.6 is 0 Å². The highest BCUT2D eigenvalue weighted by molar-refractivity contribution is 5.35. The number of nitrogens with zero attached hydrogens (tertiary/aromatic N) is 4. The Kier molecular flexibility index (Phi) is 4.64. The maximum atomic E-state index is 12.5. The van der Waals surface area contributed by atoms with Gasteiger partial charge in [0.2, 0.25) is 0 Å². The fourth-order valence-corrected chi connectivity index (χ4v) is 3.59. The van der Waals surface area contributed by atoms with Gasteiger partial charge in [0, 0.05) is 32.5 Å². The number of rotatable bonds is 6. The van der Waals surface area contributed by atoms with Gasteiger partial charge >= 0.3 is 5.69 Å². The summed E-state index contributed by atoms with van der Waals surface area (Å²) in [5, 5.41) is 4.45. The molecule has 7 nitrogen and oxygen atoms in total. The summed E-state index contributed by atoms with van der Waals surface area (Å²) in [6.07, 6.45) is 6.66. The van der Waals surface area contributed by atoms with E-state index in [1.807, 2.05) is 18.2 Å². The van der Waals surface area contributed by atoms with Crippen molar-refractivity contribution >= 4 is 5.65 Å². The van der Waals surface area contributed by atoms with Crippen LogP contribution in [0.15, 0.2) is 29.2 Å². The van der Waals surface area contributed by atoms with Gasteiger partial charge in [-0.2, -0.15) is 4.68 Å². The summed E-state index contributed by atoms with van der Waals surface area (Å²) in [6, 6.07) is 5.59. The Labute approximate surface area is 140 Å². The molecule has 2 aromatic rings. The largest absolute Gasteiger partial charge is 0.377 e. The van der Waals surface area contributed by atoms with E-state index in [1.54, 1.807) is 15.3 Å². The third kappa shape index (κ3) is 3.38. The molecule has 2 atom stereocenters. The predicted octanol–water partition coefficient (Wildman–Crippen LogP) is 1.11. The Balaban J connectivity index is 1.52. The molecular formula is C17H24N4O3. The molecule has 4 rings (SSSR count). The summed E-state index contributed by atoms with van der Waals surface area (Å²) in [5.74, 6) is 0. The Hall–Kier alpha value is -1.70. The van der Waals surface area contributed by atoms with Crippen LogP contribution in [0.2, 0.25) is 0 Å². The van der Waals surface area contributed by atoms with Crippen LogP contribution in [0, 0.1) is 0 Å². The summed E-state index contributed by atoms with van der Waals surface area (Å²) in [4.78, 5) is 14.8. The van der Waals surface area contributed by atoms with E-state index in [0.29, 0.717) is 12.3 Å². The first-order valence-electron chi connectivity index (χ1n) is 8.79. The van der Waals surface area contributed by atoms with Crippen molar-refractivity contribution < 1.29 is 9.47 Å². The summed E-state index contributed by atoms with van der Waals surface area (Å²) in [5.41, 5.74) is 0.576. The first-order valence-corrected chi connectivity index (χ1v) is 8.79. The van der Waals surface area contributed by atoms with Crippen LogP contribution in [-0.4, -0.2) is 57.6 Å². The van der Waals surface area contributed by atoms with Crippen LogP contribution in [0.5, 0.6) is 0 Å². The van der Waals surface area contributed by atoms with E-state index in [0.717, 1.165) is 52.0 Å². The molecule has 0 aliphatic carbocycles. The highest BCUT2D eigenvalue weighted by Crippen LogP contribution is 2.17. The second-order valence-corrected chi connectivity index (χ2v) is 6.66. The fourth-order valence-electron chi connectivity index (χ4n) is 3.59. The number of fused-ring (bicyclic) bond motifs is 1. The Morgan fingerprint density at radius 3 is 2.42 bits per heavy atom. The van der Waals surface area contributed by atoms with E-state index in [4.69, 9.17) is 9.47 Å². The molecular weight excluding hydrogens is 308 g/mol. The lowest BCUT2D eigenvalue weighted by Crippen LogP contribution is -2.41. The maximum Gasteiger partial charge on any atom is 0.351 e. The predicted molar refractivity (Wildman–Crippen MR) is 89.0 cm³/mol. The lowest BCUT2D eigenvalue weighted by Gasteiger charge is -2.26. The third-order valence-electron chi connectivity index (χ3n) is 4.79. The van der Waals surface area contributed by atoms with Crippen molar-refractivity contribution in [1.29, 1.82) is 0 Å². The van der Waals surface area contributed by atoms with Crippen molar-refractivity contribution in [3.05, 3.63) is 34.9 Å². The van der Waals surface area contributed by atoms with E-state index in [9.17, 15) is 4.79 Å². The van der Waals surface area contributed by atoms with Gasteiger partial charge in [0.1, 0.15) is 0 Å². The zero-order valence-corrected chi connectivity index (χ0v) is 13.8.